The summed E-state index contributed by atoms with van der Waals surface area (Å²) in [6.07, 6.45) is 6.31. The molecular formula is C37H42O4. The van der Waals surface area contributed by atoms with Crippen molar-refractivity contribution in [2.75, 3.05) is 19.8 Å². The zero-order valence-electron chi connectivity index (χ0n) is 24.7. The van der Waals surface area contributed by atoms with E-state index in [0.29, 0.717) is 17.7 Å². The lowest BCUT2D eigenvalue weighted by atomic mass is 9.91. The second-order valence-electron chi connectivity index (χ2n) is 10.6. The van der Waals surface area contributed by atoms with Crippen molar-refractivity contribution in [3.8, 4) is 28.0 Å². The van der Waals surface area contributed by atoms with Gasteiger partial charge < -0.3 is 14.6 Å². The number of carbonyl (C=O) groups is 1. The summed E-state index contributed by atoms with van der Waals surface area (Å²) in [5, 5.41) is 11.8. The first-order valence-electron chi connectivity index (χ1n) is 14.8. The second kappa shape index (κ2) is 14.7. The van der Waals surface area contributed by atoms with Gasteiger partial charge in [0.2, 0.25) is 0 Å². The van der Waals surface area contributed by atoms with Crippen LogP contribution in [0.25, 0.3) is 33.0 Å². The molecule has 4 rings (SSSR count). The van der Waals surface area contributed by atoms with Crippen LogP contribution < -0.4 is 4.74 Å². The largest absolute Gasteiger partial charge is 0.491 e. The van der Waals surface area contributed by atoms with Gasteiger partial charge in [-0.1, -0.05) is 87.9 Å². The molecule has 0 spiro atoms. The van der Waals surface area contributed by atoms with E-state index in [2.05, 4.69) is 87.2 Å². The Labute approximate surface area is 244 Å². The van der Waals surface area contributed by atoms with E-state index in [1.54, 1.807) is 6.92 Å². The first kappa shape index (κ1) is 30.1. The van der Waals surface area contributed by atoms with Gasteiger partial charge in [-0.25, -0.2) is 4.79 Å². The highest BCUT2D eigenvalue weighted by Crippen LogP contribution is 2.34. The van der Waals surface area contributed by atoms with Crippen LogP contribution in [0.2, 0.25) is 0 Å². The van der Waals surface area contributed by atoms with Crippen molar-refractivity contribution in [2.45, 2.75) is 59.3 Å². The first-order valence-corrected chi connectivity index (χ1v) is 14.8. The summed E-state index contributed by atoms with van der Waals surface area (Å²) < 4.78 is 11.1. The molecule has 0 aliphatic carbocycles. The predicted molar refractivity (Wildman–Crippen MR) is 169 cm³/mol. The highest BCUT2D eigenvalue weighted by Gasteiger charge is 2.13. The van der Waals surface area contributed by atoms with E-state index in [1.165, 1.54) is 57.9 Å². The molecule has 41 heavy (non-hydrogen) atoms. The third kappa shape index (κ3) is 7.86. The molecule has 4 aromatic carbocycles. The van der Waals surface area contributed by atoms with Crippen molar-refractivity contribution in [2.24, 2.45) is 0 Å². The Bertz CT molecular complexity index is 1500. The minimum Gasteiger partial charge on any atom is -0.491 e. The molecule has 4 nitrogen and oxygen atoms in total. The number of benzene rings is 4. The third-order valence-corrected chi connectivity index (χ3v) is 7.47. The van der Waals surface area contributed by atoms with Gasteiger partial charge >= 0.3 is 5.97 Å². The Morgan fingerprint density at radius 2 is 1.49 bits per heavy atom. The number of rotatable bonds is 14. The molecule has 0 heterocycles. The SMILES string of the molecule is C=C(C)C(=O)OCCc1cc(-c2ccc(-c3ccc4cc(CCCCC)ccc4c3)cc2CC)ccc1OCCO. The Hall–Kier alpha value is -3.89. The Morgan fingerprint density at radius 1 is 0.780 bits per heavy atom. The normalized spacial score (nSPS) is 11.0. The fourth-order valence-corrected chi connectivity index (χ4v) is 5.17. The lowest BCUT2D eigenvalue weighted by molar-refractivity contribution is -0.138. The summed E-state index contributed by atoms with van der Waals surface area (Å²) in [7, 11) is 0. The number of hydrogen-bond donors (Lipinski definition) is 1. The molecule has 1 N–H and O–H groups in total. The summed E-state index contributed by atoms with van der Waals surface area (Å²) in [4.78, 5) is 11.9. The van der Waals surface area contributed by atoms with Crippen LogP contribution in [0.3, 0.4) is 0 Å². The van der Waals surface area contributed by atoms with E-state index >= 15 is 0 Å². The molecule has 0 fully saturated rings. The molecule has 0 aliphatic rings. The number of aliphatic hydroxyl groups excluding tert-OH is 1. The minimum absolute atomic E-state index is 0.0673. The number of aliphatic hydroxyl groups is 1. The smallest absolute Gasteiger partial charge is 0.333 e. The molecule has 0 saturated heterocycles. The topological polar surface area (TPSA) is 55.8 Å². The Kier molecular flexibility index (Phi) is 10.8. The van der Waals surface area contributed by atoms with Gasteiger partial charge in [0.05, 0.1) is 13.2 Å². The fourth-order valence-electron chi connectivity index (χ4n) is 5.17. The number of esters is 1. The zero-order valence-corrected chi connectivity index (χ0v) is 24.7. The molecule has 0 bridgehead atoms. The van der Waals surface area contributed by atoms with E-state index in [0.717, 1.165) is 24.0 Å². The molecule has 0 atom stereocenters. The van der Waals surface area contributed by atoms with Crippen molar-refractivity contribution in [1.82, 2.24) is 0 Å². The van der Waals surface area contributed by atoms with E-state index in [-0.39, 0.29) is 19.8 Å². The van der Waals surface area contributed by atoms with E-state index in [4.69, 9.17) is 9.47 Å². The fraction of sp³-hybridized carbons (Fsp3) is 0.324. The van der Waals surface area contributed by atoms with Crippen molar-refractivity contribution >= 4 is 16.7 Å². The quantitative estimate of drug-likeness (QED) is 0.0971. The van der Waals surface area contributed by atoms with Crippen LogP contribution in [-0.2, 0) is 28.8 Å². The summed E-state index contributed by atoms with van der Waals surface area (Å²) in [6.45, 7) is 10.1. The van der Waals surface area contributed by atoms with Gasteiger partial charge in [0.1, 0.15) is 12.4 Å². The van der Waals surface area contributed by atoms with Crippen molar-refractivity contribution in [3.05, 3.63) is 102 Å². The van der Waals surface area contributed by atoms with Gasteiger partial charge in [-0.15, -0.1) is 0 Å². The lowest BCUT2D eigenvalue weighted by Gasteiger charge is -2.16. The standard InChI is InChI=1S/C37H42O4/c1-5-7-8-9-27-10-11-30-24-31(13-12-29(30)22-27)32-14-16-35(28(6-2)23-32)33-15-17-36(40-21-19-38)34(25-33)18-20-41-37(39)26(3)4/h10-17,22-25,38H,3,5-9,18-21H2,1-2,4H3. The van der Waals surface area contributed by atoms with Gasteiger partial charge in [-0.2, -0.15) is 0 Å². The molecule has 0 amide bonds. The van der Waals surface area contributed by atoms with E-state index in [9.17, 15) is 9.90 Å². The minimum atomic E-state index is -0.399. The molecule has 0 aliphatic heterocycles. The summed E-state index contributed by atoms with van der Waals surface area (Å²) in [5.41, 5.74) is 8.65. The molecule has 0 aromatic heterocycles. The number of aryl methyl sites for hydroxylation is 2. The number of fused-ring (bicyclic) bond motifs is 1. The highest BCUT2D eigenvalue weighted by atomic mass is 16.5. The Morgan fingerprint density at radius 3 is 2.24 bits per heavy atom. The van der Waals surface area contributed by atoms with Crippen LogP contribution >= 0.6 is 0 Å². The van der Waals surface area contributed by atoms with Crippen LogP contribution in [0.1, 0.15) is 56.7 Å². The summed E-state index contributed by atoms with van der Waals surface area (Å²) in [5.74, 6) is 0.289. The molecular weight excluding hydrogens is 508 g/mol. The molecule has 0 radical (unpaired) electrons. The maximum Gasteiger partial charge on any atom is 0.333 e. The number of carbonyl (C=O) groups excluding carboxylic acids is 1. The summed E-state index contributed by atoms with van der Waals surface area (Å²) in [6, 6.07) is 26.4. The van der Waals surface area contributed by atoms with Gasteiger partial charge in [0.25, 0.3) is 0 Å². The molecule has 0 saturated carbocycles. The van der Waals surface area contributed by atoms with Crippen LogP contribution in [0, 0.1) is 0 Å². The van der Waals surface area contributed by atoms with Crippen LogP contribution in [0.15, 0.2) is 84.9 Å². The van der Waals surface area contributed by atoms with Crippen molar-refractivity contribution in [1.29, 1.82) is 0 Å². The average molecular weight is 551 g/mol. The average Bonchev–Trinajstić information content (AvgIpc) is 2.99. The number of unbranched alkanes of at least 4 members (excludes halogenated alkanes) is 2. The number of ether oxygens (including phenoxy) is 2. The summed E-state index contributed by atoms with van der Waals surface area (Å²) >= 11 is 0. The predicted octanol–water partition coefficient (Wildman–Crippen LogP) is 8.50. The highest BCUT2D eigenvalue weighted by molar-refractivity contribution is 5.88. The molecule has 4 aromatic rings. The van der Waals surface area contributed by atoms with Crippen LogP contribution in [-0.4, -0.2) is 30.9 Å². The molecule has 214 valence electrons. The maximum atomic E-state index is 11.9. The van der Waals surface area contributed by atoms with E-state index < -0.39 is 5.97 Å². The molecule has 0 unspecified atom stereocenters. The van der Waals surface area contributed by atoms with Gasteiger partial charge in [-0.05, 0) is 94.1 Å². The Balaban J connectivity index is 1.59. The van der Waals surface area contributed by atoms with Gasteiger partial charge in [0.15, 0.2) is 0 Å². The van der Waals surface area contributed by atoms with Gasteiger partial charge in [0, 0.05) is 12.0 Å². The zero-order chi connectivity index (χ0) is 29.2. The van der Waals surface area contributed by atoms with Crippen molar-refractivity contribution < 1.29 is 19.4 Å². The van der Waals surface area contributed by atoms with Crippen LogP contribution in [0.5, 0.6) is 5.75 Å². The monoisotopic (exact) mass is 550 g/mol. The lowest BCUT2D eigenvalue weighted by Crippen LogP contribution is -2.10. The third-order valence-electron chi connectivity index (χ3n) is 7.47. The maximum absolute atomic E-state index is 11.9. The van der Waals surface area contributed by atoms with Gasteiger partial charge in [-0.3, -0.25) is 0 Å². The first-order chi connectivity index (χ1) is 19.9. The van der Waals surface area contributed by atoms with E-state index in [1.807, 2.05) is 6.07 Å². The van der Waals surface area contributed by atoms with Crippen LogP contribution in [0.4, 0.5) is 0 Å². The number of hydrogen-bond acceptors (Lipinski definition) is 4. The molecule has 4 heteroatoms. The van der Waals surface area contributed by atoms with Crippen molar-refractivity contribution in [3.63, 3.8) is 0 Å². The second-order valence-corrected chi connectivity index (χ2v) is 10.6.